The van der Waals surface area contributed by atoms with Crippen molar-refractivity contribution in [1.29, 1.82) is 0 Å². The average molecular weight is 307 g/mol. The van der Waals surface area contributed by atoms with Crippen LogP contribution in [0.4, 0.5) is 0 Å². The number of nitrogens with two attached hydrogens (primary N) is 1. The summed E-state index contributed by atoms with van der Waals surface area (Å²) in [6, 6.07) is 4.99. The molecule has 0 aliphatic carbocycles. The van der Waals surface area contributed by atoms with E-state index in [2.05, 4.69) is 4.98 Å². The van der Waals surface area contributed by atoms with Crippen molar-refractivity contribution in [3.05, 3.63) is 39.8 Å². The first-order valence-corrected chi connectivity index (χ1v) is 7.19. The molecule has 0 spiro atoms. The smallest absolute Gasteiger partial charge is 0.273 e. The van der Waals surface area contributed by atoms with Gasteiger partial charge < -0.3 is 20.5 Å². The summed E-state index contributed by atoms with van der Waals surface area (Å²) in [6.07, 6.45) is 0. The van der Waals surface area contributed by atoms with E-state index in [-0.39, 0.29) is 11.7 Å². The molecule has 1 aromatic carbocycles. The van der Waals surface area contributed by atoms with Gasteiger partial charge in [0.15, 0.2) is 11.5 Å². The molecule has 0 atom stereocenters. The van der Waals surface area contributed by atoms with E-state index in [0.717, 1.165) is 10.6 Å². The van der Waals surface area contributed by atoms with Crippen molar-refractivity contribution >= 4 is 17.2 Å². The minimum Gasteiger partial charge on any atom is -0.504 e. The van der Waals surface area contributed by atoms with E-state index in [0.29, 0.717) is 24.5 Å². The van der Waals surface area contributed by atoms with Gasteiger partial charge in [0.25, 0.3) is 5.91 Å². The van der Waals surface area contributed by atoms with Crippen molar-refractivity contribution in [3.8, 4) is 11.5 Å². The van der Waals surface area contributed by atoms with Crippen LogP contribution < -0.4 is 10.5 Å². The number of carbonyl (C=O) groups is 1. The number of carbonyl (C=O) groups excluding carboxylic acids is 1. The van der Waals surface area contributed by atoms with Gasteiger partial charge in [-0.25, -0.2) is 4.98 Å². The second-order valence-electron chi connectivity index (χ2n) is 4.50. The fourth-order valence-electron chi connectivity index (χ4n) is 1.86. The summed E-state index contributed by atoms with van der Waals surface area (Å²) >= 11 is 1.37. The minimum absolute atomic E-state index is 0.0716. The predicted octanol–water partition coefficient (Wildman–Crippen LogP) is 1.59. The summed E-state index contributed by atoms with van der Waals surface area (Å²) in [5.41, 5.74) is 6.75. The molecular weight excluding hydrogens is 290 g/mol. The lowest BCUT2D eigenvalue weighted by Gasteiger charge is -2.16. The van der Waals surface area contributed by atoms with Crippen molar-refractivity contribution in [3.63, 3.8) is 0 Å². The molecule has 2 aromatic rings. The Balaban J connectivity index is 2.10. The largest absolute Gasteiger partial charge is 0.504 e. The van der Waals surface area contributed by atoms with E-state index in [9.17, 15) is 9.90 Å². The quantitative estimate of drug-likeness (QED) is 0.875. The molecule has 1 aromatic heterocycles. The van der Waals surface area contributed by atoms with Crippen LogP contribution in [0.15, 0.2) is 23.6 Å². The Morgan fingerprint density at radius 3 is 2.90 bits per heavy atom. The lowest BCUT2D eigenvalue weighted by molar-refractivity contribution is 0.0780. The van der Waals surface area contributed by atoms with Crippen LogP contribution in [-0.4, -0.2) is 35.1 Å². The molecule has 0 saturated heterocycles. The van der Waals surface area contributed by atoms with Gasteiger partial charge in [-0.15, -0.1) is 11.3 Å². The van der Waals surface area contributed by atoms with E-state index >= 15 is 0 Å². The summed E-state index contributed by atoms with van der Waals surface area (Å²) < 4.78 is 5.05. The molecule has 2 rings (SSSR count). The summed E-state index contributed by atoms with van der Waals surface area (Å²) in [5, 5.41) is 12.0. The zero-order chi connectivity index (χ0) is 15.4. The number of amides is 1. The number of hydrogen-bond donors (Lipinski definition) is 2. The molecule has 0 aliphatic rings. The molecule has 0 radical (unpaired) electrons. The van der Waals surface area contributed by atoms with Crippen LogP contribution in [0.3, 0.4) is 0 Å². The zero-order valence-corrected chi connectivity index (χ0v) is 12.7. The first kappa shape index (κ1) is 15.3. The van der Waals surface area contributed by atoms with Crippen LogP contribution >= 0.6 is 11.3 Å². The topological polar surface area (TPSA) is 88.7 Å². The second kappa shape index (κ2) is 6.55. The summed E-state index contributed by atoms with van der Waals surface area (Å²) in [4.78, 5) is 18.0. The first-order chi connectivity index (χ1) is 10.0. The highest BCUT2D eigenvalue weighted by Crippen LogP contribution is 2.26. The molecule has 21 heavy (non-hydrogen) atoms. The molecular formula is C14H17N3O3S. The molecule has 7 heteroatoms. The molecule has 1 amide bonds. The van der Waals surface area contributed by atoms with E-state index in [1.165, 1.54) is 18.4 Å². The van der Waals surface area contributed by atoms with Crippen LogP contribution in [0.2, 0.25) is 0 Å². The van der Waals surface area contributed by atoms with Gasteiger partial charge in [0.1, 0.15) is 10.7 Å². The van der Waals surface area contributed by atoms with Crippen LogP contribution in [0, 0.1) is 0 Å². The molecule has 3 N–H and O–H groups in total. The Morgan fingerprint density at radius 2 is 2.29 bits per heavy atom. The fraction of sp³-hybridized carbons (Fsp3) is 0.286. The number of methoxy groups -OCH3 is 1. The third-order valence-electron chi connectivity index (χ3n) is 2.96. The normalized spacial score (nSPS) is 10.4. The molecule has 1 heterocycles. The number of nitrogens with zero attached hydrogens (tertiary/aromatic N) is 2. The van der Waals surface area contributed by atoms with Gasteiger partial charge in [-0.1, -0.05) is 6.07 Å². The minimum atomic E-state index is -0.169. The maximum atomic E-state index is 12.2. The number of hydrogen-bond acceptors (Lipinski definition) is 6. The third-order valence-corrected chi connectivity index (χ3v) is 3.83. The lowest BCUT2D eigenvalue weighted by atomic mass is 10.2. The van der Waals surface area contributed by atoms with E-state index in [4.69, 9.17) is 10.5 Å². The first-order valence-electron chi connectivity index (χ1n) is 6.31. The van der Waals surface area contributed by atoms with Crippen molar-refractivity contribution in [2.45, 2.75) is 13.1 Å². The highest BCUT2D eigenvalue weighted by molar-refractivity contribution is 7.09. The number of phenols is 1. The second-order valence-corrected chi connectivity index (χ2v) is 5.44. The highest BCUT2D eigenvalue weighted by Gasteiger charge is 2.16. The van der Waals surface area contributed by atoms with Crippen molar-refractivity contribution in [2.24, 2.45) is 5.73 Å². The van der Waals surface area contributed by atoms with Gasteiger partial charge >= 0.3 is 0 Å². The molecule has 6 nitrogen and oxygen atoms in total. The van der Waals surface area contributed by atoms with Crippen LogP contribution in [-0.2, 0) is 13.1 Å². The van der Waals surface area contributed by atoms with Gasteiger partial charge in [0.05, 0.1) is 7.11 Å². The maximum Gasteiger partial charge on any atom is 0.273 e. The lowest BCUT2D eigenvalue weighted by Crippen LogP contribution is -2.26. The third kappa shape index (κ3) is 3.50. The fourth-order valence-corrected chi connectivity index (χ4v) is 2.51. The van der Waals surface area contributed by atoms with Gasteiger partial charge in [-0.3, -0.25) is 4.79 Å². The highest BCUT2D eigenvalue weighted by atomic mass is 32.1. The molecule has 112 valence electrons. The zero-order valence-electron chi connectivity index (χ0n) is 11.9. The average Bonchev–Trinajstić information content (AvgIpc) is 2.97. The monoisotopic (exact) mass is 307 g/mol. The molecule has 0 aliphatic heterocycles. The predicted molar refractivity (Wildman–Crippen MR) is 80.5 cm³/mol. The van der Waals surface area contributed by atoms with Crippen molar-refractivity contribution < 1.29 is 14.6 Å². The Morgan fingerprint density at radius 1 is 1.52 bits per heavy atom. The Labute approximate surface area is 126 Å². The number of ether oxygens (including phenoxy) is 1. The Hall–Kier alpha value is -2.12. The Bertz CT molecular complexity index is 642. The number of rotatable bonds is 5. The maximum absolute atomic E-state index is 12.2. The van der Waals surface area contributed by atoms with E-state index < -0.39 is 0 Å². The van der Waals surface area contributed by atoms with Crippen LogP contribution in [0.1, 0.15) is 21.1 Å². The number of benzene rings is 1. The number of aromatic hydroxyl groups is 1. The van der Waals surface area contributed by atoms with Gasteiger partial charge in [-0.2, -0.15) is 0 Å². The van der Waals surface area contributed by atoms with Gasteiger partial charge in [-0.05, 0) is 17.7 Å². The van der Waals surface area contributed by atoms with Crippen LogP contribution in [0.5, 0.6) is 11.5 Å². The molecule has 0 fully saturated rings. The van der Waals surface area contributed by atoms with E-state index in [1.54, 1.807) is 35.5 Å². The standard InChI is InChI=1S/C14H17N3O3S/c1-17(14(19)10-8-21-13(6-15)16-10)7-9-3-4-11(18)12(5-9)20-2/h3-5,8,18H,6-7,15H2,1-2H3. The summed E-state index contributed by atoms with van der Waals surface area (Å²) in [7, 11) is 3.18. The number of thiazole rings is 1. The van der Waals surface area contributed by atoms with Gasteiger partial charge in [0.2, 0.25) is 0 Å². The SMILES string of the molecule is COc1cc(CN(C)C(=O)c2csc(CN)n2)ccc1O. The van der Waals surface area contributed by atoms with E-state index in [1.807, 2.05) is 0 Å². The molecule has 0 saturated carbocycles. The molecule has 0 unspecified atom stereocenters. The summed E-state index contributed by atoms with van der Waals surface area (Å²) in [5.74, 6) is 0.285. The van der Waals surface area contributed by atoms with Crippen LogP contribution in [0.25, 0.3) is 0 Å². The number of phenolic OH excluding ortho intramolecular Hbond substituents is 1. The van der Waals surface area contributed by atoms with Gasteiger partial charge in [0, 0.05) is 25.5 Å². The summed E-state index contributed by atoms with van der Waals surface area (Å²) in [6.45, 7) is 0.724. The Kier molecular flexibility index (Phi) is 4.77. The molecule has 0 bridgehead atoms. The number of aromatic nitrogens is 1. The van der Waals surface area contributed by atoms with Crippen molar-refractivity contribution in [1.82, 2.24) is 9.88 Å². The van der Waals surface area contributed by atoms with Crippen molar-refractivity contribution in [2.75, 3.05) is 14.2 Å².